The summed E-state index contributed by atoms with van der Waals surface area (Å²) in [5.74, 6) is 0.606. The zero-order chi connectivity index (χ0) is 14.1. The summed E-state index contributed by atoms with van der Waals surface area (Å²) in [7, 11) is 0. The van der Waals surface area contributed by atoms with Gasteiger partial charge in [-0.15, -0.1) is 0 Å². The molecule has 2 aromatic rings. The lowest BCUT2D eigenvalue weighted by Crippen LogP contribution is -2.43. The van der Waals surface area contributed by atoms with Crippen LogP contribution in [0.25, 0.3) is 5.69 Å². The quantitative estimate of drug-likeness (QED) is 0.838. The van der Waals surface area contributed by atoms with Crippen LogP contribution >= 0.6 is 0 Å². The minimum atomic E-state index is -0.107. The zero-order valence-electron chi connectivity index (χ0n) is 11.4. The van der Waals surface area contributed by atoms with E-state index in [9.17, 15) is 4.79 Å². The number of benzene rings is 1. The van der Waals surface area contributed by atoms with Crippen molar-refractivity contribution in [3.8, 4) is 5.69 Å². The maximum atomic E-state index is 12.1. The third kappa shape index (κ3) is 2.52. The number of anilines is 1. The van der Waals surface area contributed by atoms with Crippen LogP contribution < -0.4 is 11.1 Å². The minimum Gasteiger partial charge on any atom is -0.399 e. The van der Waals surface area contributed by atoms with Gasteiger partial charge in [0.25, 0.3) is 5.91 Å². The summed E-state index contributed by atoms with van der Waals surface area (Å²) in [6.45, 7) is 2.19. The highest BCUT2D eigenvalue weighted by Crippen LogP contribution is 2.26. The van der Waals surface area contributed by atoms with Crippen molar-refractivity contribution >= 4 is 11.6 Å². The molecule has 1 aromatic carbocycles. The second kappa shape index (κ2) is 5.00. The number of aromatic nitrogens is 2. The fourth-order valence-electron chi connectivity index (χ4n) is 2.54. The van der Waals surface area contributed by atoms with E-state index in [1.54, 1.807) is 16.9 Å². The third-order valence-electron chi connectivity index (χ3n) is 3.67. The molecule has 1 aromatic heterocycles. The highest BCUT2D eigenvalue weighted by atomic mass is 16.2. The minimum absolute atomic E-state index is 0.107. The fraction of sp³-hybridized carbons (Fsp3) is 0.333. The second-order valence-electron chi connectivity index (χ2n) is 5.49. The Morgan fingerprint density at radius 1 is 1.40 bits per heavy atom. The number of carbonyl (C=O) groups excluding carboxylic acids is 1. The number of nitrogens with zero attached hydrogens (tertiary/aromatic N) is 2. The van der Waals surface area contributed by atoms with E-state index in [1.807, 2.05) is 24.3 Å². The summed E-state index contributed by atoms with van der Waals surface area (Å²) in [6.07, 6.45) is 3.89. The van der Waals surface area contributed by atoms with Crippen molar-refractivity contribution in [2.45, 2.75) is 25.8 Å². The van der Waals surface area contributed by atoms with Gasteiger partial charge in [-0.2, -0.15) is 5.10 Å². The molecule has 1 amide bonds. The van der Waals surface area contributed by atoms with Crippen molar-refractivity contribution in [1.29, 1.82) is 0 Å². The number of nitrogens with one attached hydrogen (secondary N) is 1. The molecule has 5 nitrogen and oxygen atoms in total. The molecular weight excluding hydrogens is 252 g/mol. The number of nitrogen functional groups attached to an aromatic ring is 1. The predicted molar refractivity (Wildman–Crippen MR) is 77.6 cm³/mol. The summed E-state index contributed by atoms with van der Waals surface area (Å²) >= 11 is 0. The lowest BCUT2D eigenvalue weighted by atomic mass is 9.82. The van der Waals surface area contributed by atoms with Crippen molar-refractivity contribution in [2.75, 3.05) is 5.73 Å². The Bertz CT molecular complexity index is 628. The van der Waals surface area contributed by atoms with Crippen molar-refractivity contribution in [2.24, 2.45) is 5.92 Å². The van der Waals surface area contributed by atoms with E-state index in [2.05, 4.69) is 17.3 Å². The average Bonchev–Trinajstić information content (AvgIpc) is 2.86. The molecule has 0 saturated heterocycles. The summed E-state index contributed by atoms with van der Waals surface area (Å²) in [5, 5.41) is 7.30. The Morgan fingerprint density at radius 3 is 2.90 bits per heavy atom. The molecular formula is C15H18N4O. The SMILES string of the molecule is CC1CC(NC(=O)c2ccn(-c3cccc(N)c3)n2)C1. The first-order valence-electron chi connectivity index (χ1n) is 6.84. The van der Waals surface area contributed by atoms with Gasteiger partial charge in [0.1, 0.15) is 0 Å². The van der Waals surface area contributed by atoms with Crippen LogP contribution in [0.15, 0.2) is 36.5 Å². The standard InChI is InChI=1S/C15H18N4O/c1-10-7-12(8-10)17-15(20)14-5-6-19(18-14)13-4-2-3-11(16)9-13/h2-6,9-10,12H,7-8,16H2,1H3,(H,17,20). The number of nitrogens with two attached hydrogens (primary N) is 1. The summed E-state index contributed by atoms with van der Waals surface area (Å²) in [4.78, 5) is 12.1. The second-order valence-corrected chi connectivity index (χ2v) is 5.49. The molecule has 0 aliphatic heterocycles. The van der Waals surface area contributed by atoms with Gasteiger partial charge in [-0.1, -0.05) is 13.0 Å². The average molecular weight is 270 g/mol. The normalized spacial score (nSPS) is 21.2. The number of hydrogen-bond donors (Lipinski definition) is 2. The van der Waals surface area contributed by atoms with E-state index >= 15 is 0 Å². The largest absolute Gasteiger partial charge is 0.399 e. The molecule has 0 unspecified atom stereocenters. The molecule has 0 spiro atoms. The highest BCUT2D eigenvalue weighted by Gasteiger charge is 2.27. The van der Waals surface area contributed by atoms with E-state index in [0.717, 1.165) is 18.5 Å². The molecule has 1 saturated carbocycles. The molecule has 1 aliphatic carbocycles. The first-order valence-corrected chi connectivity index (χ1v) is 6.84. The van der Waals surface area contributed by atoms with Gasteiger partial charge < -0.3 is 11.1 Å². The van der Waals surface area contributed by atoms with Gasteiger partial charge >= 0.3 is 0 Å². The van der Waals surface area contributed by atoms with Crippen LogP contribution in [0.5, 0.6) is 0 Å². The molecule has 1 heterocycles. The molecule has 3 N–H and O–H groups in total. The Labute approximate surface area is 117 Å². The zero-order valence-corrected chi connectivity index (χ0v) is 11.4. The van der Waals surface area contributed by atoms with Crippen LogP contribution in [-0.2, 0) is 0 Å². The number of hydrogen-bond acceptors (Lipinski definition) is 3. The molecule has 0 radical (unpaired) electrons. The first-order chi connectivity index (χ1) is 9.61. The van der Waals surface area contributed by atoms with Crippen molar-refractivity contribution in [3.05, 3.63) is 42.2 Å². The van der Waals surface area contributed by atoms with E-state index in [4.69, 9.17) is 5.73 Å². The molecule has 20 heavy (non-hydrogen) atoms. The van der Waals surface area contributed by atoms with Crippen LogP contribution in [-0.4, -0.2) is 21.7 Å². The maximum Gasteiger partial charge on any atom is 0.272 e. The van der Waals surface area contributed by atoms with Crippen molar-refractivity contribution in [1.82, 2.24) is 15.1 Å². The van der Waals surface area contributed by atoms with Crippen molar-refractivity contribution < 1.29 is 4.79 Å². The van der Waals surface area contributed by atoms with E-state index in [-0.39, 0.29) is 5.91 Å². The topological polar surface area (TPSA) is 72.9 Å². The Kier molecular flexibility index (Phi) is 3.18. The Hall–Kier alpha value is -2.30. The van der Waals surface area contributed by atoms with Crippen LogP contribution in [0.4, 0.5) is 5.69 Å². The predicted octanol–water partition coefficient (Wildman–Crippen LogP) is 1.98. The summed E-state index contributed by atoms with van der Waals surface area (Å²) in [6, 6.07) is 9.43. The highest BCUT2D eigenvalue weighted by molar-refractivity contribution is 5.92. The van der Waals surface area contributed by atoms with Gasteiger partial charge in [-0.05, 0) is 43.0 Å². The monoisotopic (exact) mass is 270 g/mol. The molecule has 0 bridgehead atoms. The third-order valence-corrected chi connectivity index (χ3v) is 3.67. The van der Waals surface area contributed by atoms with Crippen LogP contribution in [0.2, 0.25) is 0 Å². The van der Waals surface area contributed by atoms with Crippen LogP contribution in [0.3, 0.4) is 0 Å². The molecule has 1 fully saturated rings. The molecule has 5 heteroatoms. The van der Waals surface area contributed by atoms with E-state index < -0.39 is 0 Å². The fourth-order valence-corrected chi connectivity index (χ4v) is 2.54. The van der Waals surface area contributed by atoms with Crippen LogP contribution in [0, 0.1) is 5.92 Å². The molecule has 1 aliphatic rings. The molecule has 0 atom stereocenters. The summed E-state index contributed by atoms with van der Waals surface area (Å²) in [5.41, 5.74) is 7.71. The number of carbonyl (C=O) groups is 1. The Morgan fingerprint density at radius 2 is 2.20 bits per heavy atom. The molecule has 104 valence electrons. The van der Waals surface area contributed by atoms with Gasteiger partial charge in [0, 0.05) is 17.9 Å². The molecule has 3 rings (SSSR count). The lowest BCUT2D eigenvalue weighted by Gasteiger charge is -2.32. The van der Waals surface area contributed by atoms with Crippen LogP contribution in [0.1, 0.15) is 30.3 Å². The van der Waals surface area contributed by atoms with Gasteiger partial charge in [0.2, 0.25) is 0 Å². The van der Waals surface area contributed by atoms with Gasteiger partial charge in [-0.3, -0.25) is 4.79 Å². The van der Waals surface area contributed by atoms with Gasteiger partial charge in [-0.25, -0.2) is 4.68 Å². The smallest absolute Gasteiger partial charge is 0.272 e. The van der Waals surface area contributed by atoms with Gasteiger partial charge in [0.05, 0.1) is 5.69 Å². The lowest BCUT2D eigenvalue weighted by molar-refractivity contribution is 0.0890. The number of rotatable bonds is 3. The van der Waals surface area contributed by atoms with Crippen molar-refractivity contribution in [3.63, 3.8) is 0 Å². The number of amides is 1. The maximum absolute atomic E-state index is 12.1. The van der Waals surface area contributed by atoms with E-state index in [0.29, 0.717) is 23.3 Å². The van der Waals surface area contributed by atoms with Gasteiger partial charge in [0.15, 0.2) is 5.69 Å². The Balaban J connectivity index is 1.71. The summed E-state index contributed by atoms with van der Waals surface area (Å²) < 4.78 is 1.66. The first kappa shape index (κ1) is 12.7. The van der Waals surface area contributed by atoms with E-state index in [1.165, 1.54) is 0 Å².